The third kappa shape index (κ3) is 4.37. The van der Waals surface area contributed by atoms with Crippen LogP contribution in [0.4, 0.5) is 0 Å². The lowest BCUT2D eigenvalue weighted by Crippen LogP contribution is -2.49. The summed E-state index contributed by atoms with van der Waals surface area (Å²) in [5.74, 6) is 0.0420. The number of nitrogens with zero attached hydrogens (tertiary/aromatic N) is 2. The summed E-state index contributed by atoms with van der Waals surface area (Å²) in [7, 11) is 0. The standard InChI is InChI=1S/C28H30N2O5/c1-18-21(8-9-25(32)30-12-10-29(11-13-30)14-15-31)28(33)35-27-19(2)26-23(16-22(18)27)24(17-34-26)20-6-4-3-5-7-20/h3-7,16-17,31H,8-15H2,1-2H3. The Morgan fingerprint density at radius 2 is 1.74 bits per heavy atom. The molecule has 1 aliphatic heterocycles. The van der Waals surface area contributed by atoms with Crippen molar-refractivity contribution in [2.45, 2.75) is 26.7 Å². The molecule has 3 heterocycles. The van der Waals surface area contributed by atoms with Gasteiger partial charge in [0.15, 0.2) is 0 Å². The van der Waals surface area contributed by atoms with E-state index < -0.39 is 5.63 Å². The van der Waals surface area contributed by atoms with E-state index >= 15 is 0 Å². The van der Waals surface area contributed by atoms with Gasteiger partial charge in [0, 0.05) is 66.6 Å². The highest BCUT2D eigenvalue weighted by Gasteiger charge is 2.23. The number of hydrogen-bond donors (Lipinski definition) is 1. The van der Waals surface area contributed by atoms with Gasteiger partial charge in [0.25, 0.3) is 0 Å². The Bertz CT molecular complexity index is 1430. The Hall–Kier alpha value is -3.42. The van der Waals surface area contributed by atoms with Gasteiger partial charge in [-0.15, -0.1) is 0 Å². The van der Waals surface area contributed by atoms with Crippen molar-refractivity contribution in [1.29, 1.82) is 0 Å². The van der Waals surface area contributed by atoms with Crippen molar-refractivity contribution in [3.05, 3.63) is 69.8 Å². The van der Waals surface area contributed by atoms with Crippen LogP contribution in [-0.2, 0) is 11.2 Å². The zero-order valence-corrected chi connectivity index (χ0v) is 20.2. The Morgan fingerprint density at radius 1 is 1.00 bits per heavy atom. The summed E-state index contributed by atoms with van der Waals surface area (Å²) in [4.78, 5) is 29.7. The number of amides is 1. The number of carbonyl (C=O) groups excluding carboxylic acids is 1. The number of carbonyl (C=O) groups is 1. The zero-order valence-electron chi connectivity index (χ0n) is 20.2. The first-order valence-corrected chi connectivity index (χ1v) is 12.1. The lowest BCUT2D eigenvalue weighted by molar-refractivity contribution is -0.132. The van der Waals surface area contributed by atoms with E-state index in [0.29, 0.717) is 42.8 Å². The summed E-state index contributed by atoms with van der Waals surface area (Å²) < 4.78 is 11.7. The summed E-state index contributed by atoms with van der Waals surface area (Å²) in [6, 6.07) is 12.1. The number of aryl methyl sites for hydroxylation is 2. The van der Waals surface area contributed by atoms with Crippen LogP contribution in [0.25, 0.3) is 33.1 Å². The molecule has 0 aliphatic carbocycles. The maximum atomic E-state index is 12.9. The molecule has 4 aromatic rings. The molecule has 5 rings (SSSR count). The smallest absolute Gasteiger partial charge is 0.339 e. The van der Waals surface area contributed by atoms with Crippen LogP contribution in [0.15, 0.2) is 56.3 Å². The van der Waals surface area contributed by atoms with Gasteiger partial charge < -0.3 is 18.8 Å². The van der Waals surface area contributed by atoms with Crippen LogP contribution in [0.3, 0.4) is 0 Å². The van der Waals surface area contributed by atoms with Crippen molar-refractivity contribution >= 4 is 27.8 Å². The molecule has 7 heteroatoms. The first-order chi connectivity index (χ1) is 17.0. The Balaban J connectivity index is 1.44. The maximum Gasteiger partial charge on any atom is 0.339 e. The maximum absolute atomic E-state index is 12.9. The minimum absolute atomic E-state index is 0.0420. The van der Waals surface area contributed by atoms with Crippen LogP contribution in [0.1, 0.15) is 23.1 Å². The molecule has 35 heavy (non-hydrogen) atoms. The van der Waals surface area contributed by atoms with E-state index in [1.807, 2.05) is 55.1 Å². The van der Waals surface area contributed by atoms with Crippen molar-refractivity contribution < 1.29 is 18.7 Å². The summed E-state index contributed by atoms with van der Waals surface area (Å²) in [6.07, 6.45) is 2.35. The van der Waals surface area contributed by atoms with Crippen LogP contribution in [0.5, 0.6) is 0 Å². The number of aliphatic hydroxyl groups excluding tert-OH is 1. The molecule has 182 valence electrons. The van der Waals surface area contributed by atoms with Gasteiger partial charge in [0.05, 0.1) is 12.9 Å². The molecule has 0 spiro atoms. The molecule has 1 fully saturated rings. The van der Waals surface area contributed by atoms with Crippen molar-refractivity contribution in [1.82, 2.24) is 9.80 Å². The molecule has 1 saturated heterocycles. The molecule has 2 aromatic heterocycles. The van der Waals surface area contributed by atoms with E-state index in [4.69, 9.17) is 13.9 Å². The van der Waals surface area contributed by atoms with Crippen LogP contribution < -0.4 is 5.63 Å². The summed E-state index contributed by atoms with van der Waals surface area (Å²) >= 11 is 0. The van der Waals surface area contributed by atoms with Gasteiger partial charge in [-0.1, -0.05) is 30.3 Å². The van der Waals surface area contributed by atoms with Gasteiger partial charge in [0.2, 0.25) is 5.91 Å². The third-order valence-electron chi connectivity index (χ3n) is 7.16. The molecule has 0 radical (unpaired) electrons. The first-order valence-electron chi connectivity index (χ1n) is 12.1. The fraction of sp³-hybridized carbons (Fsp3) is 0.357. The molecule has 1 amide bonds. The molecule has 0 saturated carbocycles. The SMILES string of the molecule is Cc1c(CCC(=O)N2CCN(CCO)CC2)c(=O)oc2c(C)c3occ(-c4ccccc4)c3cc12. The molecule has 0 unspecified atom stereocenters. The zero-order chi connectivity index (χ0) is 24.5. The molecule has 0 bridgehead atoms. The topological polar surface area (TPSA) is 87.1 Å². The highest BCUT2D eigenvalue weighted by molar-refractivity contribution is 6.04. The van der Waals surface area contributed by atoms with Gasteiger partial charge >= 0.3 is 5.63 Å². The van der Waals surface area contributed by atoms with Gasteiger partial charge in [-0.2, -0.15) is 0 Å². The van der Waals surface area contributed by atoms with Crippen molar-refractivity contribution in [3.63, 3.8) is 0 Å². The van der Waals surface area contributed by atoms with E-state index in [0.717, 1.165) is 46.1 Å². The second-order valence-corrected chi connectivity index (χ2v) is 9.21. The van der Waals surface area contributed by atoms with Gasteiger partial charge in [0.1, 0.15) is 11.2 Å². The van der Waals surface area contributed by atoms with Crippen molar-refractivity contribution in [3.8, 4) is 11.1 Å². The second kappa shape index (κ2) is 9.68. The molecule has 0 atom stereocenters. The van der Waals surface area contributed by atoms with E-state index in [2.05, 4.69) is 4.90 Å². The average Bonchev–Trinajstić information content (AvgIpc) is 3.30. The molecular formula is C28H30N2O5. The predicted molar refractivity (Wildman–Crippen MR) is 136 cm³/mol. The van der Waals surface area contributed by atoms with Crippen LogP contribution in [0, 0.1) is 13.8 Å². The third-order valence-corrected chi connectivity index (χ3v) is 7.16. The van der Waals surface area contributed by atoms with E-state index in [-0.39, 0.29) is 18.9 Å². The fourth-order valence-corrected chi connectivity index (χ4v) is 5.08. The quantitative estimate of drug-likeness (QED) is 0.427. The molecule has 1 N–H and O–H groups in total. The number of benzene rings is 2. The van der Waals surface area contributed by atoms with Crippen LogP contribution >= 0.6 is 0 Å². The highest BCUT2D eigenvalue weighted by Crippen LogP contribution is 2.37. The average molecular weight is 475 g/mol. The second-order valence-electron chi connectivity index (χ2n) is 9.21. The summed E-state index contributed by atoms with van der Waals surface area (Å²) in [5, 5.41) is 10.9. The molecule has 2 aromatic carbocycles. The van der Waals surface area contributed by atoms with E-state index in [9.17, 15) is 9.59 Å². The number of aliphatic hydroxyl groups is 1. The lowest BCUT2D eigenvalue weighted by Gasteiger charge is -2.34. The largest absolute Gasteiger partial charge is 0.463 e. The number of furan rings is 1. The van der Waals surface area contributed by atoms with Crippen molar-refractivity contribution in [2.75, 3.05) is 39.3 Å². The van der Waals surface area contributed by atoms with Gasteiger partial charge in [-0.3, -0.25) is 9.69 Å². The monoisotopic (exact) mass is 474 g/mol. The van der Waals surface area contributed by atoms with E-state index in [1.165, 1.54) is 0 Å². The highest BCUT2D eigenvalue weighted by atomic mass is 16.4. The molecule has 7 nitrogen and oxygen atoms in total. The lowest BCUT2D eigenvalue weighted by atomic mass is 9.96. The molecular weight excluding hydrogens is 444 g/mol. The Labute approximate surface area is 203 Å². The van der Waals surface area contributed by atoms with Crippen molar-refractivity contribution in [2.24, 2.45) is 0 Å². The Morgan fingerprint density at radius 3 is 2.46 bits per heavy atom. The number of piperazine rings is 1. The van der Waals surface area contributed by atoms with E-state index in [1.54, 1.807) is 6.26 Å². The number of β-amino-alcohol motifs (C(OH)–C–C–N with tert-alkyl or cyclic N) is 1. The first kappa shape index (κ1) is 23.3. The minimum Gasteiger partial charge on any atom is -0.463 e. The number of hydrogen-bond acceptors (Lipinski definition) is 6. The predicted octanol–water partition coefficient (Wildman–Crippen LogP) is 3.89. The van der Waals surface area contributed by atoms with Crippen LogP contribution in [0.2, 0.25) is 0 Å². The number of rotatable bonds is 6. The normalized spacial score (nSPS) is 14.8. The van der Waals surface area contributed by atoms with Crippen LogP contribution in [-0.4, -0.2) is 60.1 Å². The minimum atomic E-state index is -0.396. The fourth-order valence-electron chi connectivity index (χ4n) is 5.08. The molecule has 1 aliphatic rings. The number of fused-ring (bicyclic) bond motifs is 2. The Kier molecular flexibility index (Phi) is 6.45. The van der Waals surface area contributed by atoms with Gasteiger partial charge in [-0.25, -0.2) is 4.79 Å². The van der Waals surface area contributed by atoms with Gasteiger partial charge in [-0.05, 0) is 37.5 Å². The summed E-state index contributed by atoms with van der Waals surface area (Å²) in [6.45, 7) is 7.40. The summed E-state index contributed by atoms with van der Waals surface area (Å²) in [5.41, 5.74) is 5.09.